The highest BCUT2D eigenvalue weighted by molar-refractivity contribution is 6.22. The average molecular weight is 402 g/mol. The van der Waals surface area contributed by atoms with Gasteiger partial charge in [-0.3, -0.25) is 34.2 Å². The van der Waals surface area contributed by atoms with Crippen molar-refractivity contribution in [3.63, 3.8) is 0 Å². The molecule has 1 aromatic rings. The van der Waals surface area contributed by atoms with Gasteiger partial charge in [-0.2, -0.15) is 0 Å². The predicted molar refractivity (Wildman–Crippen MR) is 101 cm³/mol. The first kappa shape index (κ1) is 20.4. The van der Waals surface area contributed by atoms with Gasteiger partial charge in [0.25, 0.3) is 17.5 Å². The van der Waals surface area contributed by atoms with Crippen molar-refractivity contribution < 1.29 is 24.1 Å². The Morgan fingerprint density at radius 1 is 1.17 bits per heavy atom. The molecule has 2 aliphatic rings. The number of nitro groups is 1. The zero-order valence-electron chi connectivity index (χ0n) is 16.1. The largest absolute Gasteiger partial charge is 0.353 e. The SMILES string of the molecule is CCCC(=O)NC1CCN(C(=O)CN2C(=O)c3ccc([N+](=O)[O-])cc3C2=O)CC1. The third-order valence-electron chi connectivity index (χ3n) is 5.15. The molecule has 0 atom stereocenters. The maximum atomic E-state index is 12.6. The van der Waals surface area contributed by atoms with Crippen LogP contribution in [0, 0.1) is 10.1 Å². The van der Waals surface area contributed by atoms with Crippen molar-refractivity contribution in [1.29, 1.82) is 0 Å². The molecule has 1 fully saturated rings. The standard InChI is InChI=1S/C19H22N4O6/c1-2-3-16(24)20-12-6-8-21(9-7-12)17(25)11-22-18(26)14-5-4-13(23(28)29)10-15(14)19(22)27/h4-5,10,12H,2-3,6-9,11H2,1H3,(H,20,24). The van der Waals surface area contributed by atoms with Crippen molar-refractivity contribution in [3.05, 3.63) is 39.4 Å². The van der Waals surface area contributed by atoms with E-state index in [0.717, 1.165) is 23.5 Å². The van der Waals surface area contributed by atoms with Crippen molar-refractivity contribution >= 4 is 29.3 Å². The highest BCUT2D eigenvalue weighted by atomic mass is 16.6. The zero-order chi connectivity index (χ0) is 21.1. The molecule has 29 heavy (non-hydrogen) atoms. The van der Waals surface area contributed by atoms with Gasteiger partial charge in [0.1, 0.15) is 6.54 Å². The van der Waals surface area contributed by atoms with Crippen molar-refractivity contribution in [2.75, 3.05) is 19.6 Å². The number of piperidine rings is 1. The lowest BCUT2D eigenvalue weighted by molar-refractivity contribution is -0.384. The van der Waals surface area contributed by atoms with Gasteiger partial charge in [0.2, 0.25) is 11.8 Å². The Kier molecular flexibility index (Phi) is 5.90. The average Bonchev–Trinajstić information content (AvgIpc) is 2.93. The van der Waals surface area contributed by atoms with Crippen LogP contribution < -0.4 is 5.32 Å². The number of nitro benzene ring substituents is 1. The molecule has 154 valence electrons. The van der Waals surface area contributed by atoms with Crippen LogP contribution in [0.3, 0.4) is 0 Å². The minimum Gasteiger partial charge on any atom is -0.353 e. The summed E-state index contributed by atoms with van der Waals surface area (Å²) in [5.41, 5.74) is -0.287. The predicted octanol–water partition coefficient (Wildman–Crippen LogP) is 1.10. The molecule has 0 unspecified atom stereocenters. The van der Waals surface area contributed by atoms with Gasteiger partial charge in [-0.05, 0) is 25.3 Å². The number of likely N-dealkylation sites (tertiary alicyclic amines) is 1. The number of carbonyl (C=O) groups is 4. The molecular formula is C19H22N4O6. The van der Waals surface area contributed by atoms with Crippen molar-refractivity contribution in [2.45, 2.75) is 38.6 Å². The fourth-order valence-corrected chi connectivity index (χ4v) is 3.57. The van der Waals surface area contributed by atoms with Gasteiger partial charge in [0, 0.05) is 37.7 Å². The summed E-state index contributed by atoms with van der Waals surface area (Å²) in [4.78, 5) is 61.9. The summed E-state index contributed by atoms with van der Waals surface area (Å²) in [5.74, 6) is -1.71. The number of nitrogens with one attached hydrogen (secondary N) is 1. The molecule has 0 bridgehead atoms. The lowest BCUT2D eigenvalue weighted by Gasteiger charge is -2.33. The summed E-state index contributed by atoms with van der Waals surface area (Å²) in [7, 11) is 0. The van der Waals surface area contributed by atoms with Crippen LogP contribution in [0.15, 0.2) is 18.2 Å². The molecule has 0 spiro atoms. The molecule has 3 rings (SSSR count). The fraction of sp³-hybridized carbons (Fsp3) is 0.474. The molecular weight excluding hydrogens is 380 g/mol. The van der Waals surface area contributed by atoms with Gasteiger partial charge in [0.15, 0.2) is 0 Å². The Hall–Kier alpha value is -3.30. The molecule has 0 saturated carbocycles. The molecule has 1 N–H and O–H groups in total. The molecule has 10 heteroatoms. The first-order valence-electron chi connectivity index (χ1n) is 9.53. The van der Waals surface area contributed by atoms with Crippen LogP contribution in [0.1, 0.15) is 53.3 Å². The molecule has 10 nitrogen and oxygen atoms in total. The second-order valence-corrected chi connectivity index (χ2v) is 7.16. The van der Waals surface area contributed by atoms with Crippen molar-refractivity contribution in [1.82, 2.24) is 15.1 Å². The number of amides is 4. The van der Waals surface area contributed by atoms with E-state index in [1.165, 1.54) is 6.07 Å². The number of benzene rings is 1. The van der Waals surface area contributed by atoms with Crippen LogP contribution in [0.2, 0.25) is 0 Å². The van der Waals surface area contributed by atoms with Crippen molar-refractivity contribution in [3.8, 4) is 0 Å². The van der Waals surface area contributed by atoms with Crippen LogP contribution >= 0.6 is 0 Å². The first-order valence-corrected chi connectivity index (χ1v) is 9.53. The summed E-state index contributed by atoms with van der Waals surface area (Å²) < 4.78 is 0. The maximum Gasteiger partial charge on any atom is 0.270 e. The quantitative estimate of drug-likeness (QED) is 0.431. The Balaban J connectivity index is 1.59. The summed E-state index contributed by atoms with van der Waals surface area (Å²) in [6, 6.07) is 3.47. The monoisotopic (exact) mass is 402 g/mol. The number of imide groups is 1. The van der Waals surface area contributed by atoms with Crippen molar-refractivity contribution in [2.24, 2.45) is 0 Å². The van der Waals surface area contributed by atoms with E-state index in [4.69, 9.17) is 0 Å². The Morgan fingerprint density at radius 2 is 1.83 bits per heavy atom. The smallest absolute Gasteiger partial charge is 0.270 e. The van der Waals surface area contributed by atoms with Gasteiger partial charge in [0.05, 0.1) is 16.1 Å². The number of nitrogens with zero attached hydrogens (tertiary/aromatic N) is 3. The van der Waals surface area contributed by atoms with Gasteiger partial charge in [-0.1, -0.05) is 6.92 Å². The van der Waals surface area contributed by atoms with E-state index in [9.17, 15) is 29.3 Å². The third kappa shape index (κ3) is 4.25. The lowest BCUT2D eigenvalue weighted by atomic mass is 10.0. The number of fused-ring (bicyclic) bond motifs is 1. The summed E-state index contributed by atoms with van der Waals surface area (Å²) in [6.07, 6.45) is 2.45. The second kappa shape index (κ2) is 8.38. The molecule has 4 amide bonds. The van der Waals surface area contributed by atoms with Crippen LogP contribution in [0.25, 0.3) is 0 Å². The number of non-ortho nitro benzene ring substituents is 1. The number of hydrogen-bond donors (Lipinski definition) is 1. The normalized spacial score (nSPS) is 16.7. The number of carbonyl (C=O) groups excluding carboxylic acids is 4. The number of rotatable bonds is 6. The van der Waals surface area contributed by atoms with E-state index >= 15 is 0 Å². The molecule has 0 aliphatic carbocycles. The van der Waals surface area contributed by atoms with Crippen LogP contribution in [-0.2, 0) is 9.59 Å². The maximum absolute atomic E-state index is 12.6. The Bertz CT molecular complexity index is 875. The van der Waals surface area contributed by atoms with E-state index in [2.05, 4.69) is 5.32 Å². The molecule has 0 radical (unpaired) electrons. The van der Waals surface area contributed by atoms with E-state index in [1.807, 2.05) is 6.92 Å². The van der Waals surface area contributed by atoms with Gasteiger partial charge < -0.3 is 10.2 Å². The summed E-state index contributed by atoms with van der Waals surface area (Å²) >= 11 is 0. The van der Waals surface area contributed by atoms with E-state index in [-0.39, 0.29) is 34.7 Å². The van der Waals surface area contributed by atoms with Gasteiger partial charge >= 0.3 is 0 Å². The molecule has 2 aliphatic heterocycles. The Morgan fingerprint density at radius 3 is 2.45 bits per heavy atom. The lowest BCUT2D eigenvalue weighted by Crippen LogP contribution is -2.49. The van der Waals surface area contributed by atoms with Gasteiger partial charge in [-0.25, -0.2) is 0 Å². The van der Waals surface area contributed by atoms with E-state index < -0.39 is 23.3 Å². The number of hydrogen-bond acceptors (Lipinski definition) is 6. The third-order valence-corrected chi connectivity index (χ3v) is 5.15. The minimum atomic E-state index is -0.705. The van der Waals surface area contributed by atoms with E-state index in [1.54, 1.807) is 4.90 Å². The first-order chi connectivity index (χ1) is 13.8. The molecule has 0 aromatic heterocycles. The minimum absolute atomic E-state index is 0.00241. The highest BCUT2D eigenvalue weighted by Crippen LogP contribution is 2.27. The fourth-order valence-electron chi connectivity index (χ4n) is 3.57. The molecule has 1 aromatic carbocycles. The van der Waals surface area contributed by atoms with E-state index in [0.29, 0.717) is 32.4 Å². The summed E-state index contributed by atoms with van der Waals surface area (Å²) in [6.45, 7) is 2.36. The van der Waals surface area contributed by atoms with Crippen LogP contribution in [0.5, 0.6) is 0 Å². The zero-order valence-corrected chi connectivity index (χ0v) is 16.1. The highest BCUT2D eigenvalue weighted by Gasteiger charge is 2.38. The topological polar surface area (TPSA) is 130 Å². The summed E-state index contributed by atoms with van der Waals surface area (Å²) in [5, 5.41) is 13.8. The molecule has 2 heterocycles. The second-order valence-electron chi connectivity index (χ2n) is 7.16. The van der Waals surface area contributed by atoms with Crippen LogP contribution in [0.4, 0.5) is 5.69 Å². The Labute approximate surface area is 167 Å². The molecule has 1 saturated heterocycles. The van der Waals surface area contributed by atoms with Crippen LogP contribution in [-0.4, -0.2) is 64.0 Å². The van der Waals surface area contributed by atoms with Gasteiger partial charge in [-0.15, -0.1) is 0 Å².